The zero-order valence-corrected chi connectivity index (χ0v) is 6.49. The SMILES string of the molecule is O=S(=O)(O)CCC(F)(F)C(F)F. The van der Waals surface area contributed by atoms with Gasteiger partial charge in [-0.2, -0.15) is 8.42 Å². The summed E-state index contributed by atoms with van der Waals surface area (Å²) in [7, 11) is -4.60. The second-order valence-corrected chi connectivity index (χ2v) is 3.67. The fraction of sp³-hybridized carbons (Fsp3) is 1.00. The van der Waals surface area contributed by atoms with E-state index in [4.69, 9.17) is 4.55 Å². The summed E-state index contributed by atoms with van der Waals surface area (Å²) in [6, 6.07) is 0. The molecule has 0 heterocycles. The highest BCUT2D eigenvalue weighted by Crippen LogP contribution is 2.26. The summed E-state index contributed by atoms with van der Waals surface area (Å²) in [6.07, 6.45) is -5.50. The van der Waals surface area contributed by atoms with Gasteiger partial charge in [0.1, 0.15) is 0 Å². The van der Waals surface area contributed by atoms with E-state index in [1.165, 1.54) is 0 Å². The van der Waals surface area contributed by atoms with Crippen LogP contribution in [0.4, 0.5) is 17.6 Å². The predicted octanol–water partition coefficient (Wildman–Crippen LogP) is 1.16. The Balaban J connectivity index is 4.10. The van der Waals surface area contributed by atoms with Crippen molar-refractivity contribution in [2.75, 3.05) is 5.75 Å². The van der Waals surface area contributed by atoms with E-state index in [-0.39, 0.29) is 0 Å². The van der Waals surface area contributed by atoms with E-state index in [1.54, 1.807) is 0 Å². The van der Waals surface area contributed by atoms with Gasteiger partial charge < -0.3 is 0 Å². The van der Waals surface area contributed by atoms with E-state index in [2.05, 4.69) is 0 Å². The van der Waals surface area contributed by atoms with Gasteiger partial charge in [0.05, 0.1) is 5.75 Å². The zero-order chi connectivity index (χ0) is 9.99. The minimum absolute atomic E-state index is 1.37. The minimum Gasteiger partial charge on any atom is -0.286 e. The molecular formula is C4H6F4O3S. The fourth-order valence-corrected chi connectivity index (χ4v) is 0.904. The summed E-state index contributed by atoms with van der Waals surface area (Å²) in [4.78, 5) is 0. The highest BCUT2D eigenvalue weighted by molar-refractivity contribution is 7.85. The highest BCUT2D eigenvalue weighted by Gasteiger charge is 2.41. The average Bonchev–Trinajstić information content (AvgIpc) is 1.82. The smallest absolute Gasteiger partial charge is 0.286 e. The first-order valence-electron chi connectivity index (χ1n) is 2.76. The third kappa shape index (κ3) is 4.50. The Kier molecular flexibility index (Phi) is 3.45. The van der Waals surface area contributed by atoms with Gasteiger partial charge >= 0.3 is 12.3 Å². The van der Waals surface area contributed by atoms with E-state index in [1.807, 2.05) is 0 Å². The van der Waals surface area contributed by atoms with Gasteiger partial charge in [0.25, 0.3) is 10.1 Å². The Hall–Kier alpha value is -0.370. The fourth-order valence-electron chi connectivity index (χ4n) is 0.374. The molecule has 0 atom stereocenters. The largest absolute Gasteiger partial charge is 0.308 e. The van der Waals surface area contributed by atoms with Crippen LogP contribution in [0.25, 0.3) is 0 Å². The van der Waals surface area contributed by atoms with Crippen molar-refractivity contribution in [1.29, 1.82) is 0 Å². The van der Waals surface area contributed by atoms with Gasteiger partial charge in [0, 0.05) is 6.42 Å². The van der Waals surface area contributed by atoms with Crippen LogP contribution in [0.5, 0.6) is 0 Å². The van der Waals surface area contributed by atoms with E-state index >= 15 is 0 Å². The van der Waals surface area contributed by atoms with Crippen LogP contribution in [0.1, 0.15) is 6.42 Å². The molecule has 3 nitrogen and oxygen atoms in total. The summed E-state index contributed by atoms with van der Waals surface area (Å²) in [5, 5.41) is 0. The lowest BCUT2D eigenvalue weighted by atomic mass is 10.3. The second-order valence-electron chi connectivity index (χ2n) is 2.10. The number of alkyl halides is 4. The van der Waals surface area contributed by atoms with E-state index < -0.39 is 34.6 Å². The molecule has 0 aliphatic carbocycles. The standard InChI is InChI=1S/C4H6F4O3S/c5-3(6)4(7,8)1-2-12(9,10)11/h3H,1-2H2,(H,9,10,11). The van der Waals surface area contributed by atoms with E-state index in [9.17, 15) is 26.0 Å². The normalized spacial score (nSPS) is 13.8. The maximum absolute atomic E-state index is 12.0. The monoisotopic (exact) mass is 210 g/mol. The van der Waals surface area contributed by atoms with Crippen molar-refractivity contribution in [2.24, 2.45) is 0 Å². The summed E-state index contributed by atoms with van der Waals surface area (Å²) in [5.41, 5.74) is 0. The van der Waals surface area contributed by atoms with Gasteiger partial charge in [-0.1, -0.05) is 0 Å². The zero-order valence-electron chi connectivity index (χ0n) is 5.68. The number of rotatable bonds is 4. The third-order valence-corrected chi connectivity index (χ3v) is 1.73. The molecule has 0 aromatic rings. The topological polar surface area (TPSA) is 54.4 Å². The van der Waals surface area contributed by atoms with Crippen molar-refractivity contribution in [2.45, 2.75) is 18.8 Å². The van der Waals surface area contributed by atoms with Crippen LogP contribution >= 0.6 is 0 Å². The van der Waals surface area contributed by atoms with Crippen molar-refractivity contribution >= 4 is 10.1 Å². The van der Waals surface area contributed by atoms with Gasteiger partial charge in [-0.15, -0.1) is 0 Å². The van der Waals surface area contributed by atoms with Gasteiger partial charge in [-0.05, 0) is 0 Å². The molecule has 0 aliphatic heterocycles. The summed E-state index contributed by atoms with van der Waals surface area (Å²) >= 11 is 0. The van der Waals surface area contributed by atoms with Crippen molar-refractivity contribution in [3.8, 4) is 0 Å². The predicted molar refractivity (Wildman–Crippen MR) is 32.0 cm³/mol. The van der Waals surface area contributed by atoms with Crippen LogP contribution in [0, 0.1) is 0 Å². The Labute approximate surface area is 66.1 Å². The van der Waals surface area contributed by atoms with Crippen molar-refractivity contribution in [3.63, 3.8) is 0 Å². The Bertz CT molecular complexity index is 235. The molecule has 8 heteroatoms. The molecule has 0 spiro atoms. The Morgan fingerprint density at radius 1 is 1.33 bits per heavy atom. The molecule has 1 N–H and O–H groups in total. The molecule has 0 rings (SSSR count). The van der Waals surface area contributed by atoms with Gasteiger partial charge in [-0.3, -0.25) is 4.55 Å². The molecule has 74 valence electrons. The number of hydrogen-bond acceptors (Lipinski definition) is 2. The first kappa shape index (κ1) is 11.6. The van der Waals surface area contributed by atoms with Gasteiger partial charge in [-0.25, -0.2) is 17.6 Å². The van der Waals surface area contributed by atoms with Crippen molar-refractivity contribution < 1.29 is 30.5 Å². The minimum atomic E-state index is -4.60. The molecule has 12 heavy (non-hydrogen) atoms. The number of hydrogen-bond donors (Lipinski definition) is 1. The molecule has 0 bridgehead atoms. The number of halogens is 4. The summed E-state index contributed by atoms with van der Waals surface area (Å²) in [5.74, 6) is -5.74. The quantitative estimate of drug-likeness (QED) is 0.559. The van der Waals surface area contributed by atoms with Crippen LogP contribution in [0.15, 0.2) is 0 Å². The summed E-state index contributed by atoms with van der Waals surface area (Å²) in [6.45, 7) is 0. The van der Waals surface area contributed by atoms with Gasteiger partial charge in [0.15, 0.2) is 0 Å². The molecule has 0 amide bonds. The maximum Gasteiger partial charge on any atom is 0.308 e. The highest BCUT2D eigenvalue weighted by atomic mass is 32.2. The Morgan fingerprint density at radius 2 is 1.75 bits per heavy atom. The maximum atomic E-state index is 12.0. The lowest BCUT2D eigenvalue weighted by Gasteiger charge is -2.13. The Morgan fingerprint density at radius 3 is 2.00 bits per heavy atom. The van der Waals surface area contributed by atoms with Crippen LogP contribution in [-0.4, -0.2) is 31.1 Å². The van der Waals surface area contributed by atoms with Crippen molar-refractivity contribution in [1.82, 2.24) is 0 Å². The molecule has 0 unspecified atom stereocenters. The molecular weight excluding hydrogens is 204 g/mol. The van der Waals surface area contributed by atoms with E-state index in [0.29, 0.717) is 0 Å². The molecule has 0 aromatic carbocycles. The lowest BCUT2D eigenvalue weighted by molar-refractivity contribution is -0.129. The molecule has 0 saturated heterocycles. The van der Waals surface area contributed by atoms with Crippen LogP contribution in [-0.2, 0) is 10.1 Å². The summed E-state index contributed by atoms with van der Waals surface area (Å²) < 4.78 is 74.3. The van der Waals surface area contributed by atoms with Gasteiger partial charge in [0.2, 0.25) is 0 Å². The first-order valence-corrected chi connectivity index (χ1v) is 4.37. The third-order valence-electron chi connectivity index (χ3n) is 1.01. The second kappa shape index (κ2) is 3.56. The molecule has 0 aromatic heterocycles. The van der Waals surface area contributed by atoms with Crippen LogP contribution in [0.3, 0.4) is 0 Å². The first-order chi connectivity index (χ1) is 5.15. The van der Waals surface area contributed by atoms with Crippen molar-refractivity contribution in [3.05, 3.63) is 0 Å². The molecule has 0 aliphatic rings. The molecule has 0 saturated carbocycles. The molecule has 0 fully saturated rings. The molecule has 0 radical (unpaired) electrons. The average molecular weight is 210 g/mol. The lowest BCUT2D eigenvalue weighted by Crippen LogP contribution is -2.29. The van der Waals surface area contributed by atoms with E-state index in [0.717, 1.165) is 0 Å². The van der Waals surface area contributed by atoms with Crippen LogP contribution < -0.4 is 0 Å². The van der Waals surface area contributed by atoms with Crippen LogP contribution in [0.2, 0.25) is 0 Å².